The maximum Gasteiger partial charge on any atom is 0.241 e. The number of aromatic nitrogens is 3. The third-order valence-corrected chi connectivity index (χ3v) is 5.79. The van der Waals surface area contributed by atoms with E-state index in [1.165, 1.54) is 6.42 Å². The molecule has 1 fully saturated rings. The SMILES string of the molecule is CC(C(=O)Nc1cccc(Cl)c1)N1CCC(c2nnc3n2CCC3)CC1. The van der Waals surface area contributed by atoms with Gasteiger partial charge in [0, 0.05) is 29.6 Å². The van der Waals surface area contributed by atoms with E-state index in [4.69, 9.17) is 11.6 Å². The molecule has 2 aliphatic rings. The first-order valence-corrected chi connectivity index (χ1v) is 9.72. The van der Waals surface area contributed by atoms with Crippen LogP contribution in [0.2, 0.25) is 5.02 Å². The van der Waals surface area contributed by atoms with Gasteiger partial charge in [0.2, 0.25) is 5.91 Å². The van der Waals surface area contributed by atoms with Crippen molar-refractivity contribution in [3.63, 3.8) is 0 Å². The highest BCUT2D eigenvalue weighted by Gasteiger charge is 2.31. The van der Waals surface area contributed by atoms with Crippen molar-refractivity contribution in [2.24, 2.45) is 0 Å². The number of likely N-dealkylation sites (tertiary alicyclic amines) is 1. The van der Waals surface area contributed by atoms with Gasteiger partial charge in [-0.1, -0.05) is 17.7 Å². The van der Waals surface area contributed by atoms with Gasteiger partial charge in [0.05, 0.1) is 6.04 Å². The third-order valence-electron chi connectivity index (χ3n) is 5.55. The zero-order valence-corrected chi connectivity index (χ0v) is 15.7. The summed E-state index contributed by atoms with van der Waals surface area (Å²) in [7, 11) is 0. The van der Waals surface area contributed by atoms with Crippen LogP contribution in [0.4, 0.5) is 5.69 Å². The van der Waals surface area contributed by atoms with Crippen molar-refractivity contribution in [1.82, 2.24) is 19.7 Å². The van der Waals surface area contributed by atoms with Crippen LogP contribution in [0.3, 0.4) is 0 Å². The molecular weight excluding hydrogens is 350 g/mol. The fraction of sp³-hybridized carbons (Fsp3) is 0.526. The molecule has 1 atom stereocenters. The molecule has 0 radical (unpaired) electrons. The van der Waals surface area contributed by atoms with E-state index in [0.29, 0.717) is 10.9 Å². The van der Waals surface area contributed by atoms with Crippen LogP contribution in [0.1, 0.15) is 43.8 Å². The predicted octanol–water partition coefficient (Wildman–Crippen LogP) is 3.08. The lowest BCUT2D eigenvalue weighted by atomic mass is 9.95. The van der Waals surface area contributed by atoms with Crippen LogP contribution < -0.4 is 5.32 Å². The van der Waals surface area contributed by atoms with Crippen molar-refractivity contribution >= 4 is 23.2 Å². The Morgan fingerprint density at radius 2 is 2.08 bits per heavy atom. The number of halogens is 1. The van der Waals surface area contributed by atoms with Crippen molar-refractivity contribution in [1.29, 1.82) is 0 Å². The summed E-state index contributed by atoms with van der Waals surface area (Å²) in [5.74, 6) is 2.74. The normalized spacial score (nSPS) is 19.3. The van der Waals surface area contributed by atoms with E-state index in [2.05, 4.69) is 25.0 Å². The third kappa shape index (κ3) is 3.48. The number of nitrogens with zero attached hydrogens (tertiary/aromatic N) is 4. The molecular formula is C19H24ClN5O. The molecule has 1 unspecified atom stereocenters. The number of rotatable bonds is 4. The number of hydrogen-bond acceptors (Lipinski definition) is 4. The standard InChI is InChI=1S/C19H24ClN5O/c1-13(19(26)21-16-5-2-4-15(20)12-16)24-10-7-14(8-11-24)18-23-22-17-6-3-9-25(17)18/h2,4-5,12-14H,3,6-11H2,1H3,(H,21,26). The average Bonchev–Trinajstić information content (AvgIpc) is 3.25. The minimum Gasteiger partial charge on any atom is -0.325 e. The van der Waals surface area contributed by atoms with Crippen molar-refractivity contribution in [2.45, 2.75) is 51.1 Å². The number of carbonyl (C=O) groups excluding carboxylic acids is 1. The maximum absolute atomic E-state index is 12.6. The largest absolute Gasteiger partial charge is 0.325 e. The molecule has 0 saturated carbocycles. The van der Waals surface area contributed by atoms with Crippen molar-refractivity contribution < 1.29 is 4.79 Å². The molecule has 138 valence electrons. The molecule has 3 heterocycles. The van der Waals surface area contributed by atoms with Gasteiger partial charge in [-0.25, -0.2) is 0 Å². The highest BCUT2D eigenvalue weighted by atomic mass is 35.5. The summed E-state index contributed by atoms with van der Waals surface area (Å²) in [4.78, 5) is 14.8. The van der Waals surface area contributed by atoms with Gasteiger partial charge in [0.25, 0.3) is 0 Å². The quantitative estimate of drug-likeness (QED) is 0.894. The van der Waals surface area contributed by atoms with E-state index in [1.54, 1.807) is 12.1 Å². The van der Waals surface area contributed by atoms with E-state index in [1.807, 2.05) is 19.1 Å². The van der Waals surface area contributed by atoms with E-state index in [-0.39, 0.29) is 11.9 Å². The van der Waals surface area contributed by atoms with E-state index in [9.17, 15) is 4.79 Å². The van der Waals surface area contributed by atoms with Gasteiger partial charge < -0.3 is 9.88 Å². The Balaban J connectivity index is 1.34. The van der Waals surface area contributed by atoms with Crippen LogP contribution in [0, 0.1) is 0 Å². The Hall–Kier alpha value is -1.92. The molecule has 6 nitrogen and oxygen atoms in total. The summed E-state index contributed by atoms with van der Waals surface area (Å²) >= 11 is 5.99. The lowest BCUT2D eigenvalue weighted by Crippen LogP contribution is -2.46. The highest BCUT2D eigenvalue weighted by molar-refractivity contribution is 6.30. The number of nitrogens with one attached hydrogen (secondary N) is 1. The molecule has 1 aromatic heterocycles. The zero-order chi connectivity index (χ0) is 18.1. The van der Waals surface area contributed by atoms with Crippen molar-refractivity contribution in [3.05, 3.63) is 40.9 Å². The number of benzene rings is 1. The van der Waals surface area contributed by atoms with Crippen LogP contribution in [-0.4, -0.2) is 44.7 Å². The molecule has 1 N–H and O–H groups in total. The minimum atomic E-state index is -0.168. The number of anilines is 1. The fourth-order valence-corrected chi connectivity index (χ4v) is 4.19. The number of amides is 1. The van der Waals surface area contributed by atoms with Gasteiger partial charge in [-0.2, -0.15) is 0 Å². The van der Waals surface area contributed by atoms with Gasteiger partial charge in [0.15, 0.2) is 0 Å². The molecule has 2 aliphatic heterocycles. The predicted molar refractivity (Wildman–Crippen MR) is 101 cm³/mol. The lowest BCUT2D eigenvalue weighted by molar-refractivity contribution is -0.121. The lowest BCUT2D eigenvalue weighted by Gasteiger charge is -2.35. The van der Waals surface area contributed by atoms with Gasteiger partial charge in [-0.15, -0.1) is 10.2 Å². The first-order chi connectivity index (χ1) is 12.6. The number of fused-ring (bicyclic) bond motifs is 1. The average molecular weight is 374 g/mol. The molecule has 0 spiro atoms. The molecule has 1 saturated heterocycles. The fourth-order valence-electron chi connectivity index (χ4n) is 4.00. The van der Waals surface area contributed by atoms with E-state index in [0.717, 1.165) is 56.2 Å². The topological polar surface area (TPSA) is 63.1 Å². The van der Waals surface area contributed by atoms with Crippen molar-refractivity contribution in [3.8, 4) is 0 Å². The van der Waals surface area contributed by atoms with Crippen LogP contribution in [-0.2, 0) is 17.8 Å². The van der Waals surface area contributed by atoms with Gasteiger partial charge in [-0.05, 0) is 57.5 Å². The van der Waals surface area contributed by atoms with Gasteiger partial charge in [-0.3, -0.25) is 9.69 Å². The summed E-state index contributed by atoms with van der Waals surface area (Å²) in [5, 5.41) is 12.3. The Morgan fingerprint density at radius 3 is 2.85 bits per heavy atom. The summed E-state index contributed by atoms with van der Waals surface area (Å²) in [6.07, 6.45) is 4.27. The van der Waals surface area contributed by atoms with Gasteiger partial charge >= 0.3 is 0 Å². The summed E-state index contributed by atoms with van der Waals surface area (Å²) in [6.45, 7) is 4.82. The Kier molecular flexibility index (Phi) is 4.96. The zero-order valence-electron chi connectivity index (χ0n) is 15.0. The second-order valence-corrected chi connectivity index (χ2v) is 7.65. The van der Waals surface area contributed by atoms with Crippen molar-refractivity contribution in [2.75, 3.05) is 18.4 Å². The molecule has 2 aromatic rings. The summed E-state index contributed by atoms with van der Waals surface area (Å²) in [5.41, 5.74) is 0.739. The molecule has 26 heavy (non-hydrogen) atoms. The highest BCUT2D eigenvalue weighted by Crippen LogP contribution is 2.30. The number of piperidine rings is 1. The first kappa shape index (κ1) is 17.5. The molecule has 0 aliphatic carbocycles. The smallest absolute Gasteiger partial charge is 0.241 e. The molecule has 4 rings (SSSR count). The summed E-state index contributed by atoms with van der Waals surface area (Å²) in [6, 6.07) is 7.09. The van der Waals surface area contributed by atoms with Gasteiger partial charge in [0.1, 0.15) is 11.6 Å². The second-order valence-electron chi connectivity index (χ2n) is 7.22. The Labute approximate surface area is 158 Å². The Morgan fingerprint density at radius 1 is 1.27 bits per heavy atom. The second kappa shape index (κ2) is 7.37. The summed E-state index contributed by atoms with van der Waals surface area (Å²) < 4.78 is 2.30. The molecule has 0 bridgehead atoms. The maximum atomic E-state index is 12.6. The monoisotopic (exact) mass is 373 g/mol. The molecule has 7 heteroatoms. The van der Waals surface area contributed by atoms with Crippen LogP contribution in [0.25, 0.3) is 0 Å². The Bertz CT molecular complexity index is 797. The molecule has 1 amide bonds. The number of carbonyl (C=O) groups is 1. The minimum absolute atomic E-state index is 0.00841. The first-order valence-electron chi connectivity index (χ1n) is 9.34. The number of aryl methyl sites for hydroxylation is 1. The molecule has 1 aromatic carbocycles. The van der Waals surface area contributed by atoms with E-state index < -0.39 is 0 Å². The van der Waals surface area contributed by atoms with E-state index >= 15 is 0 Å². The van der Waals surface area contributed by atoms with Crippen LogP contribution in [0.15, 0.2) is 24.3 Å². The van der Waals surface area contributed by atoms with Crippen LogP contribution >= 0.6 is 11.6 Å². The number of hydrogen-bond donors (Lipinski definition) is 1. The van der Waals surface area contributed by atoms with Crippen LogP contribution in [0.5, 0.6) is 0 Å².